The Balaban J connectivity index is 1.48. The van der Waals surface area contributed by atoms with Gasteiger partial charge in [-0.3, -0.25) is 58.1 Å². The third kappa shape index (κ3) is 22.8. The molecule has 3 heterocycles. The summed E-state index contributed by atoms with van der Waals surface area (Å²) < 4.78 is 0. The molecule has 0 aliphatic carbocycles. The number of nitrogens with zero attached hydrogens (tertiary/aromatic N) is 1. The van der Waals surface area contributed by atoms with E-state index in [-0.39, 0.29) is 96.1 Å². The number of amides is 11. The molecule has 21 N–H and O–H groups in total. The zero-order valence-corrected chi connectivity index (χ0v) is 51.0. The molecule has 0 unspecified atom stereocenters. The van der Waals surface area contributed by atoms with Gasteiger partial charge < -0.3 is 91.1 Å². The monoisotopic (exact) mass is 1240 g/mol. The predicted molar refractivity (Wildman–Crippen MR) is 330 cm³/mol. The number of hydrogen-bond acceptors (Lipinski definition) is 15. The molecule has 2 aliphatic rings. The van der Waals surface area contributed by atoms with Crippen LogP contribution in [0.1, 0.15) is 122 Å². The number of aliphatic hydroxyl groups excluding tert-OH is 1. The van der Waals surface area contributed by atoms with E-state index in [4.69, 9.17) is 28.3 Å². The van der Waals surface area contributed by atoms with Crippen molar-refractivity contribution in [1.82, 2.24) is 63.1 Å². The minimum Gasteiger partial charge on any atom is -0.391 e. The lowest BCUT2D eigenvalue weighted by Gasteiger charge is -2.31. The van der Waals surface area contributed by atoms with Crippen molar-refractivity contribution in [3.63, 3.8) is 0 Å². The average molecular weight is 1240 g/mol. The maximum absolute atomic E-state index is 15.0. The van der Waals surface area contributed by atoms with Crippen LogP contribution in [0.2, 0.25) is 0 Å². The lowest BCUT2D eigenvalue weighted by atomic mass is 10.0. The lowest BCUT2D eigenvalue weighted by Crippen LogP contribution is -2.60. The fourth-order valence-corrected chi connectivity index (χ4v) is 10.5. The van der Waals surface area contributed by atoms with Crippen LogP contribution in [0.5, 0.6) is 0 Å². The Morgan fingerprint density at radius 2 is 1.37 bits per heavy atom. The number of carbonyl (C=O) groups excluding carboxylic acids is 11. The molecule has 0 radical (unpaired) electrons. The molecule has 29 nitrogen and oxygen atoms in total. The first-order valence-corrected chi connectivity index (χ1v) is 30.6. The summed E-state index contributed by atoms with van der Waals surface area (Å²) in [4.78, 5) is 159. The van der Waals surface area contributed by atoms with Crippen molar-refractivity contribution in [3.8, 4) is 0 Å². The SMILES string of the molecule is CCCC[C@H](NC(=O)[C@H](C)NC(=O)[C@H](CCCCN)NC(=O)[C@H](C)N)C(=O)N[C@H]1CCC(=O)NCCCC[C@@H](C(N)=O)NC(=O)[C@H](Cc2c[nH]c3ccccc23)NC(=O)[C@H](CCCNC(=N)N)NC(=O)[C@@H](Cc2ccccc2)NC(=O)[C@@H]2C[C@@H](O)CN2C1=O. The standard InChI is InChI=1S/C60H91N17O12/c1-4-5-19-42(72-52(82)35(3)69-53(83)43(22-11-13-26-61)71-51(81)34(2)62)54(84)74-45-24-25-49(79)66-27-14-12-21-41(50(63)80)70-57(87)47(30-37-32-68-40-20-10-9-18-39(37)40)75-55(85)44(23-15-28-67-60(64)65)73-56(86)46(29-36-16-7-6-8-17-36)76-58(88)48-31-38(78)33-77(48)59(45)89/h6-10,16-18,20,32,34-35,38,41-48,68,78H,4-5,11-15,19,21-31,33,61-62H2,1-3H3,(H2,63,80)(H,66,79)(H,69,83)(H,70,87)(H,71,81)(H,72,82)(H,73,86)(H,74,84)(H,75,85)(H,76,88)(H4,64,65,67)/t34-,35-,38+,41-,42-,43-,44-,45-,46+,47-,48-/m0/s1. The number of H-pyrrole nitrogens is 1. The van der Waals surface area contributed by atoms with E-state index in [2.05, 4.69) is 58.2 Å². The van der Waals surface area contributed by atoms with Gasteiger partial charge in [-0.15, -0.1) is 0 Å². The minimum atomic E-state index is -1.56. The molecule has 2 saturated heterocycles. The highest BCUT2D eigenvalue weighted by Gasteiger charge is 2.44. The van der Waals surface area contributed by atoms with Gasteiger partial charge in [-0.2, -0.15) is 0 Å². The second-order valence-corrected chi connectivity index (χ2v) is 22.8. The summed E-state index contributed by atoms with van der Waals surface area (Å²) in [6.07, 6.45) is 2.05. The second kappa shape index (κ2) is 35.9. The van der Waals surface area contributed by atoms with Crippen molar-refractivity contribution in [2.24, 2.45) is 22.9 Å². The van der Waals surface area contributed by atoms with Gasteiger partial charge in [0.1, 0.15) is 54.4 Å². The number of nitrogens with two attached hydrogens (primary N) is 4. The van der Waals surface area contributed by atoms with Crippen LogP contribution in [-0.2, 0) is 65.6 Å². The maximum atomic E-state index is 15.0. The Morgan fingerprint density at radius 3 is 2.07 bits per heavy atom. The fourth-order valence-electron chi connectivity index (χ4n) is 10.5. The Bertz CT molecular complexity index is 2930. The number of rotatable bonds is 24. The van der Waals surface area contributed by atoms with Gasteiger partial charge in [0.15, 0.2) is 5.96 Å². The van der Waals surface area contributed by atoms with Crippen LogP contribution in [0.4, 0.5) is 0 Å². The Morgan fingerprint density at radius 1 is 0.730 bits per heavy atom. The number of guanidine groups is 1. The fraction of sp³-hybridized carbons (Fsp3) is 0.567. The highest BCUT2D eigenvalue weighted by atomic mass is 16.3. The van der Waals surface area contributed by atoms with E-state index in [0.717, 1.165) is 15.8 Å². The molecule has 3 aromatic rings. The van der Waals surface area contributed by atoms with Crippen LogP contribution >= 0.6 is 0 Å². The Kier molecular flexibility index (Phi) is 28.7. The van der Waals surface area contributed by atoms with Gasteiger partial charge in [0.2, 0.25) is 65.0 Å². The van der Waals surface area contributed by atoms with E-state index in [9.17, 15) is 53.1 Å². The number of para-hydroxylation sites is 1. The predicted octanol–water partition coefficient (Wildman–Crippen LogP) is -2.69. The van der Waals surface area contributed by atoms with Crippen molar-refractivity contribution >= 4 is 81.8 Å². The van der Waals surface area contributed by atoms with E-state index in [1.54, 1.807) is 42.6 Å². The van der Waals surface area contributed by atoms with E-state index >= 15 is 4.79 Å². The van der Waals surface area contributed by atoms with Gasteiger partial charge >= 0.3 is 0 Å². The van der Waals surface area contributed by atoms with Gasteiger partial charge in [-0.1, -0.05) is 68.3 Å². The highest BCUT2D eigenvalue weighted by molar-refractivity contribution is 5.99. The van der Waals surface area contributed by atoms with Crippen LogP contribution in [0, 0.1) is 5.41 Å². The molecule has 1 aromatic heterocycles. The number of aliphatic hydroxyl groups is 1. The molecule has 89 heavy (non-hydrogen) atoms. The molecule has 5 rings (SSSR count). The minimum absolute atomic E-state index is 0.0233. The smallest absolute Gasteiger partial charge is 0.245 e. The molecule has 11 amide bonds. The number of aromatic amines is 1. The first-order chi connectivity index (χ1) is 42.5. The summed E-state index contributed by atoms with van der Waals surface area (Å²) in [6, 6.07) is 2.88. The first kappa shape index (κ1) is 71.1. The van der Waals surface area contributed by atoms with Gasteiger partial charge in [0.25, 0.3) is 0 Å². The molecule has 2 aliphatic heterocycles. The summed E-state index contributed by atoms with van der Waals surface area (Å²) in [5.41, 5.74) is 24.7. The first-order valence-electron chi connectivity index (χ1n) is 30.6. The lowest BCUT2D eigenvalue weighted by molar-refractivity contribution is -0.143. The Labute approximate surface area is 517 Å². The number of hydrogen-bond donors (Lipinski definition) is 17. The van der Waals surface area contributed by atoms with Crippen molar-refractivity contribution in [3.05, 3.63) is 71.9 Å². The molecular formula is C60H91N17O12. The van der Waals surface area contributed by atoms with Crippen LogP contribution in [-0.4, -0.2) is 179 Å². The molecule has 0 bridgehead atoms. The quantitative estimate of drug-likeness (QED) is 0.0247. The molecule has 0 saturated carbocycles. The third-order valence-electron chi connectivity index (χ3n) is 15.5. The largest absolute Gasteiger partial charge is 0.391 e. The molecule has 2 fully saturated rings. The molecule has 0 spiro atoms. The topological polar surface area (TPSA) is 475 Å². The maximum Gasteiger partial charge on any atom is 0.245 e. The van der Waals surface area contributed by atoms with Crippen LogP contribution < -0.4 is 76.1 Å². The average Bonchev–Trinajstić information content (AvgIpc) is 2.78. The number of aromatic nitrogens is 1. The van der Waals surface area contributed by atoms with Crippen molar-refractivity contribution in [2.75, 3.05) is 26.2 Å². The number of carbonyl (C=O) groups is 11. The van der Waals surface area contributed by atoms with E-state index in [0.29, 0.717) is 43.4 Å². The third-order valence-corrected chi connectivity index (χ3v) is 15.5. The van der Waals surface area contributed by atoms with E-state index < -0.39 is 138 Å². The summed E-state index contributed by atoms with van der Waals surface area (Å²) in [5.74, 6) is -8.91. The summed E-state index contributed by atoms with van der Waals surface area (Å²) in [5, 5.41) is 46.6. The van der Waals surface area contributed by atoms with E-state index in [1.807, 2.05) is 25.1 Å². The molecular weight excluding hydrogens is 1150 g/mol. The number of benzene rings is 2. The Hall–Kier alpha value is -8.70. The molecule has 11 atom stereocenters. The summed E-state index contributed by atoms with van der Waals surface area (Å²) in [7, 11) is 0. The number of nitrogens with one attached hydrogen (secondary N) is 12. The number of fused-ring (bicyclic) bond motifs is 2. The normalized spacial score (nSPS) is 22.4. The van der Waals surface area contributed by atoms with Crippen molar-refractivity contribution in [1.29, 1.82) is 5.41 Å². The molecule has 2 aromatic carbocycles. The zero-order valence-electron chi connectivity index (χ0n) is 51.0. The number of unbranched alkanes of at least 4 members (excludes halogenated alkanes) is 2. The van der Waals surface area contributed by atoms with Gasteiger partial charge in [-0.25, -0.2) is 0 Å². The molecule has 29 heteroatoms. The van der Waals surface area contributed by atoms with Gasteiger partial charge in [-0.05, 0) is 102 Å². The number of primary amides is 1. The molecule has 488 valence electrons. The van der Waals surface area contributed by atoms with Crippen molar-refractivity contribution < 1.29 is 57.8 Å². The van der Waals surface area contributed by atoms with Crippen LogP contribution in [0.3, 0.4) is 0 Å². The summed E-state index contributed by atoms with van der Waals surface area (Å²) >= 11 is 0. The van der Waals surface area contributed by atoms with Gasteiger partial charge in [0.05, 0.1) is 12.1 Å². The van der Waals surface area contributed by atoms with Crippen LogP contribution in [0.25, 0.3) is 10.9 Å². The van der Waals surface area contributed by atoms with Crippen molar-refractivity contribution in [2.45, 2.75) is 190 Å². The zero-order chi connectivity index (χ0) is 65.2. The summed E-state index contributed by atoms with van der Waals surface area (Å²) in [6.45, 7) is 4.78. The highest BCUT2D eigenvalue weighted by Crippen LogP contribution is 2.23. The van der Waals surface area contributed by atoms with Crippen LogP contribution in [0.15, 0.2) is 60.8 Å². The second-order valence-electron chi connectivity index (χ2n) is 22.8. The van der Waals surface area contributed by atoms with Gasteiger partial charge in [0, 0.05) is 62.4 Å². The van der Waals surface area contributed by atoms with E-state index in [1.165, 1.54) is 13.8 Å².